The van der Waals surface area contributed by atoms with E-state index in [0.29, 0.717) is 11.5 Å². The topological polar surface area (TPSA) is 109 Å². The van der Waals surface area contributed by atoms with Gasteiger partial charge in [0.2, 0.25) is 16.0 Å². The molecule has 1 amide bonds. The first-order valence-corrected chi connectivity index (χ1v) is 10.8. The largest absolute Gasteiger partial charge is 0.341 e. The molecule has 1 aliphatic heterocycles. The van der Waals surface area contributed by atoms with Gasteiger partial charge in [0.05, 0.1) is 22.2 Å². The molecule has 8 nitrogen and oxygen atoms in total. The average molecular weight is 424 g/mol. The van der Waals surface area contributed by atoms with Crippen molar-refractivity contribution in [2.75, 3.05) is 25.0 Å². The highest BCUT2D eigenvalue weighted by atomic mass is 35.5. The lowest BCUT2D eigenvalue weighted by Crippen LogP contribution is -2.31. The summed E-state index contributed by atoms with van der Waals surface area (Å²) < 4.78 is 23.2. The van der Waals surface area contributed by atoms with Gasteiger partial charge in [-0.15, -0.1) is 0 Å². The lowest BCUT2D eigenvalue weighted by atomic mass is 10.1. The van der Waals surface area contributed by atoms with Crippen LogP contribution in [0.15, 0.2) is 35.4 Å². The summed E-state index contributed by atoms with van der Waals surface area (Å²) in [5.74, 6) is 0.115. The Morgan fingerprint density at radius 3 is 2.64 bits per heavy atom. The van der Waals surface area contributed by atoms with Gasteiger partial charge in [-0.05, 0) is 37.5 Å². The maximum Gasteiger partial charge on any atom is 0.274 e. The number of nitrogens with two attached hydrogens (primary N) is 1. The Hall–Kier alpha value is -2.23. The van der Waals surface area contributed by atoms with Crippen LogP contribution in [0.1, 0.15) is 41.9 Å². The Morgan fingerprint density at radius 2 is 2.00 bits per heavy atom. The molecule has 2 N–H and O–H groups in total. The van der Waals surface area contributed by atoms with Crippen LogP contribution in [-0.4, -0.2) is 49.3 Å². The molecule has 2 heterocycles. The number of amides is 1. The van der Waals surface area contributed by atoms with Gasteiger partial charge in [-0.25, -0.2) is 23.5 Å². The molecular weight excluding hydrogens is 402 g/mol. The van der Waals surface area contributed by atoms with Crippen LogP contribution in [0.2, 0.25) is 5.02 Å². The van der Waals surface area contributed by atoms with E-state index in [9.17, 15) is 13.2 Å². The second-order valence-electron chi connectivity index (χ2n) is 6.77. The van der Waals surface area contributed by atoms with Crippen molar-refractivity contribution in [1.29, 1.82) is 0 Å². The van der Waals surface area contributed by atoms with Crippen molar-refractivity contribution in [2.45, 2.75) is 30.7 Å². The lowest BCUT2D eigenvalue weighted by molar-refractivity contribution is 0.0736. The molecule has 10 heteroatoms. The van der Waals surface area contributed by atoms with Crippen LogP contribution in [0.4, 0.5) is 5.95 Å². The minimum absolute atomic E-state index is 0.00547. The van der Waals surface area contributed by atoms with E-state index < -0.39 is 16.1 Å². The first-order chi connectivity index (χ1) is 13.2. The van der Waals surface area contributed by atoms with Crippen LogP contribution in [0, 0.1) is 0 Å². The number of halogens is 1. The highest BCUT2D eigenvalue weighted by molar-refractivity contribution is 7.89. The van der Waals surface area contributed by atoms with Crippen LogP contribution < -0.4 is 10.0 Å². The van der Waals surface area contributed by atoms with E-state index in [1.807, 2.05) is 4.90 Å². The second kappa shape index (κ2) is 8.02. The van der Waals surface area contributed by atoms with E-state index in [2.05, 4.69) is 9.97 Å². The molecule has 0 aliphatic carbocycles. The highest BCUT2D eigenvalue weighted by Crippen LogP contribution is 2.26. The van der Waals surface area contributed by atoms with E-state index in [-0.39, 0.29) is 21.5 Å². The van der Waals surface area contributed by atoms with Crippen molar-refractivity contribution >= 4 is 33.5 Å². The van der Waals surface area contributed by atoms with E-state index in [1.54, 1.807) is 26.1 Å². The SMILES string of the molecule is CC(c1cccc(S(N)(=O)=O)c1)N(C)C(=O)c1nc(N2CCCC2)ncc1Cl. The van der Waals surface area contributed by atoms with Crippen molar-refractivity contribution in [1.82, 2.24) is 14.9 Å². The van der Waals surface area contributed by atoms with Crippen LogP contribution in [-0.2, 0) is 10.0 Å². The third-order valence-electron chi connectivity index (χ3n) is 4.89. The third kappa shape index (κ3) is 4.26. The molecular formula is C18H22ClN5O3S. The Morgan fingerprint density at radius 1 is 1.32 bits per heavy atom. The summed E-state index contributed by atoms with van der Waals surface area (Å²) in [6.07, 6.45) is 3.56. The standard InChI is InChI=1S/C18H22ClN5O3S/c1-12(13-6-5-7-14(10-13)28(20,26)27)23(2)17(25)16-15(19)11-21-18(22-16)24-8-3-4-9-24/h5-7,10-12H,3-4,8-9H2,1-2H3,(H2,20,26,27). The van der Waals surface area contributed by atoms with Gasteiger partial charge in [-0.3, -0.25) is 4.79 Å². The van der Waals surface area contributed by atoms with Crippen molar-refractivity contribution < 1.29 is 13.2 Å². The van der Waals surface area contributed by atoms with Gasteiger partial charge in [0, 0.05) is 20.1 Å². The summed E-state index contributed by atoms with van der Waals surface area (Å²) in [7, 11) is -2.21. The van der Waals surface area contributed by atoms with E-state index >= 15 is 0 Å². The summed E-state index contributed by atoms with van der Waals surface area (Å²) in [5, 5.41) is 5.37. The summed E-state index contributed by atoms with van der Waals surface area (Å²) >= 11 is 6.19. The summed E-state index contributed by atoms with van der Waals surface area (Å²) in [5.41, 5.74) is 0.753. The molecule has 0 radical (unpaired) electrons. The molecule has 2 aromatic rings. The van der Waals surface area contributed by atoms with Gasteiger partial charge in [0.15, 0.2) is 5.69 Å². The predicted octanol–water partition coefficient (Wildman–Crippen LogP) is 2.21. The number of primary sulfonamides is 1. The Balaban J connectivity index is 1.87. The highest BCUT2D eigenvalue weighted by Gasteiger charge is 2.25. The van der Waals surface area contributed by atoms with Gasteiger partial charge < -0.3 is 9.80 Å². The molecule has 0 bridgehead atoms. The molecule has 1 fully saturated rings. The quantitative estimate of drug-likeness (QED) is 0.789. The molecule has 1 saturated heterocycles. The Kier molecular flexibility index (Phi) is 5.87. The van der Waals surface area contributed by atoms with E-state index in [0.717, 1.165) is 25.9 Å². The molecule has 28 heavy (non-hydrogen) atoms. The number of nitrogens with zero attached hydrogens (tertiary/aromatic N) is 4. The molecule has 1 aromatic heterocycles. The lowest BCUT2D eigenvalue weighted by Gasteiger charge is -2.26. The number of rotatable bonds is 5. The zero-order valence-corrected chi connectivity index (χ0v) is 17.2. The third-order valence-corrected chi connectivity index (χ3v) is 6.08. The first-order valence-electron chi connectivity index (χ1n) is 8.86. The van der Waals surface area contributed by atoms with Gasteiger partial charge in [-0.2, -0.15) is 0 Å². The number of hydrogen-bond donors (Lipinski definition) is 1. The van der Waals surface area contributed by atoms with Crippen LogP contribution in [0.25, 0.3) is 0 Å². The first kappa shape index (κ1) is 20.5. The Labute approximate surface area is 169 Å². The minimum atomic E-state index is -3.83. The zero-order valence-electron chi connectivity index (χ0n) is 15.7. The summed E-state index contributed by atoms with van der Waals surface area (Å²) in [4.78, 5) is 25.1. The number of carbonyl (C=O) groups is 1. The Bertz CT molecular complexity index is 992. The van der Waals surface area contributed by atoms with Crippen molar-refractivity contribution in [3.8, 4) is 0 Å². The van der Waals surface area contributed by atoms with Gasteiger partial charge >= 0.3 is 0 Å². The molecule has 3 rings (SSSR count). The fourth-order valence-corrected chi connectivity index (χ4v) is 3.84. The normalized spacial score (nSPS) is 15.5. The molecule has 150 valence electrons. The molecule has 0 saturated carbocycles. The van der Waals surface area contributed by atoms with E-state index in [1.165, 1.54) is 23.2 Å². The number of aromatic nitrogens is 2. The minimum Gasteiger partial charge on any atom is -0.341 e. The fraction of sp³-hybridized carbons (Fsp3) is 0.389. The van der Waals surface area contributed by atoms with Crippen LogP contribution in [0.5, 0.6) is 0 Å². The monoisotopic (exact) mass is 423 g/mol. The predicted molar refractivity (Wildman–Crippen MR) is 107 cm³/mol. The smallest absolute Gasteiger partial charge is 0.274 e. The van der Waals surface area contributed by atoms with Gasteiger partial charge in [0.25, 0.3) is 5.91 Å². The van der Waals surface area contributed by atoms with Crippen molar-refractivity contribution in [3.05, 3.63) is 46.7 Å². The van der Waals surface area contributed by atoms with Crippen LogP contribution >= 0.6 is 11.6 Å². The maximum absolute atomic E-state index is 13.0. The van der Waals surface area contributed by atoms with Crippen LogP contribution in [0.3, 0.4) is 0 Å². The molecule has 0 spiro atoms. The number of anilines is 1. The molecule has 1 aliphatic rings. The fourth-order valence-electron chi connectivity index (χ4n) is 3.10. The van der Waals surface area contributed by atoms with Gasteiger partial charge in [0.1, 0.15) is 0 Å². The number of benzene rings is 1. The van der Waals surface area contributed by atoms with Crippen molar-refractivity contribution in [2.24, 2.45) is 5.14 Å². The second-order valence-corrected chi connectivity index (χ2v) is 8.74. The number of carbonyl (C=O) groups excluding carboxylic acids is 1. The zero-order chi connectivity index (χ0) is 20.5. The molecule has 1 aromatic carbocycles. The number of sulfonamides is 1. The maximum atomic E-state index is 13.0. The number of hydrogen-bond acceptors (Lipinski definition) is 6. The summed E-state index contributed by atoms with van der Waals surface area (Å²) in [6.45, 7) is 3.49. The van der Waals surface area contributed by atoms with Crippen molar-refractivity contribution in [3.63, 3.8) is 0 Å². The van der Waals surface area contributed by atoms with Gasteiger partial charge in [-0.1, -0.05) is 23.7 Å². The summed E-state index contributed by atoms with van der Waals surface area (Å²) in [6, 6.07) is 5.78. The van der Waals surface area contributed by atoms with E-state index in [4.69, 9.17) is 16.7 Å². The molecule has 1 atom stereocenters. The molecule has 1 unspecified atom stereocenters. The average Bonchev–Trinajstić information content (AvgIpc) is 3.21.